The zero-order chi connectivity index (χ0) is 18.7. The van der Waals surface area contributed by atoms with Crippen LogP contribution in [-0.2, 0) is 16.1 Å². The van der Waals surface area contributed by atoms with E-state index >= 15 is 0 Å². The number of hydrogen-bond acceptors (Lipinski definition) is 2. The van der Waals surface area contributed by atoms with E-state index in [9.17, 15) is 9.59 Å². The van der Waals surface area contributed by atoms with Gasteiger partial charge in [0.15, 0.2) is 0 Å². The maximum atomic E-state index is 12.6. The summed E-state index contributed by atoms with van der Waals surface area (Å²) in [5.41, 5.74) is 3.32. The van der Waals surface area contributed by atoms with E-state index in [4.69, 9.17) is 0 Å². The first-order valence-corrected chi connectivity index (χ1v) is 9.61. The molecule has 1 heterocycles. The molecule has 136 valence electrons. The van der Waals surface area contributed by atoms with Gasteiger partial charge in [-0.2, -0.15) is 0 Å². The molecule has 0 radical (unpaired) electrons. The molecule has 1 saturated heterocycles. The molecular formula is C21H23BrN2O2. The van der Waals surface area contributed by atoms with Crippen molar-refractivity contribution in [2.45, 2.75) is 32.9 Å². The molecule has 2 amide bonds. The van der Waals surface area contributed by atoms with Gasteiger partial charge in [0.2, 0.25) is 11.8 Å². The lowest BCUT2D eigenvalue weighted by molar-refractivity contribution is -0.129. The highest BCUT2D eigenvalue weighted by Crippen LogP contribution is 2.23. The Labute approximate surface area is 162 Å². The average molecular weight is 415 g/mol. The van der Waals surface area contributed by atoms with Gasteiger partial charge in [0.05, 0.1) is 12.0 Å². The Morgan fingerprint density at radius 2 is 2.00 bits per heavy atom. The molecule has 0 spiro atoms. The Kier molecular flexibility index (Phi) is 5.77. The van der Waals surface area contributed by atoms with Gasteiger partial charge in [-0.1, -0.05) is 57.9 Å². The van der Waals surface area contributed by atoms with Crippen molar-refractivity contribution in [1.29, 1.82) is 0 Å². The van der Waals surface area contributed by atoms with Crippen molar-refractivity contribution >= 4 is 27.7 Å². The number of rotatable bonds is 5. The maximum Gasteiger partial charge on any atom is 0.225 e. The summed E-state index contributed by atoms with van der Waals surface area (Å²) < 4.78 is 0.983. The van der Waals surface area contributed by atoms with Crippen LogP contribution >= 0.6 is 15.9 Å². The lowest BCUT2D eigenvalue weighted by Gasteiger charge is -2.19. The van der Waals surface area contributed by atoms with Gasteiger partial charge >= 0.3 is 0 Å². The number of benzene rings is 2. The zero-order valence-corrected chi connectivity index (χ0v) is 16.6. The number of carbonyl (C=O) groups excluding carboxylic acids is 2. The lowest BCUT2D eigenvalue weighted by Crippen LogP contribution is -2.34. The van der Waals surface area contributed by atoms with Crippen LogP contribution in [0.1, 0.15) is 36.1 Å². The summed E-state index contributed by atoms with van der Waals surface area (Å²) in [6, 6.07) is 15.9. The van der Waals surface area contributed by atoms with Crippen molar-refractivity contribution in [1.82, 2.24) is 10.2 Å². The third kappa shape index (κ3) is 4.52. The quantitative estimate of drug-likeness (QED) is 0.803. The number of amides is 2. The molecule has 1 aliphatic rings. The Bertz CT molecular complexity index is 804. The molecule has 1 aliphatic heterocycles. The smallest absolute Gasteiger partial charge is 0.225 e. The number of likely N-dealkylation sites (tertiary alicyclic amines) is 1. The molecule has 0 aromatic heterocycles. The predicted octanol–water partition coefficient (Wildman–Crippen LogP) is 3.98. The highest BCUT2D eigenvalue weighted by atomic mass is 79.9. The summed E-state index contributed by atoms with van der Waals surface area (Å²) in [7, 11) is 0. The van der Waals surface area contributed by atoms with Crippen molar-refractivity contribution in [3.63, 3.8) is 0 Å². The normalized spacial score (nSPS) is 18.0. The van der Waals surface area contributed by atoms with Gasteiger partial charge in [-0.15, -0.1) is 0 Å². The first-order valence-electron chi connectivity index (χ1n) is 8.81. The topological polar surface area (TPSA) is 49.4 Å². The minimum absolute atomic E-state index is 0.0424. The van der Waals surface area contributed by atoms with E-state index in [2.05, 4.69) is 21.2 Å². The van der Waals surface area contributed by atoms with Crippen LogP contribution in [0.3, 0.4) is 0 Å². The van der Waals surface area contributed by atoms with E-state index < -0.39 is 0 Å². The van der Waals surface area contributed by atoms with Gasteiger partial charge in [-0.3, -0.25) is 9.59 Å². The summed E-state index contributed by atoms with van der Waals surface area (Å²) >= 11 is 3.45. The highest BCUT2D eigenvalue weighted by molar-refractivity contribution is 9.10. The third-order valence-corrected chi connectivity index (χ3v) is 5.28. The van der Waals surface area contributed by atoms with Crippen molar-refractivity contribution in [2.24, 2.45) is 5.92 Å². The summed E-state index contributed by atoms with van der Waals surface area (Å²) in [5, 5.41) is 3.04. The van der Waals surface area contributed by atoms with Gasteiger partial charge in [0, 0.05) is 24.0 Å². The first-order chi connectivity index (χ1) is 12.4. The largest absolute Gasteiger partial charge is 0.349 e. The van der Waals surface area contributed by atoms with E-state index in [1.54, 1.807) is 4.90 Å². The fourth-order valence-corrected chi connectivity index (χ4v) is 3.62. The molecule has 2 aromatic rings. The molecule has 0 aliphatic carbocycles. The minimum atomic E-state index is -0.289. The summed E-state index contributed by atoms with van der Waals surface area (Å²) in [4.78, 5) is 26.7. The van der Waals surface area contributed by atoms with Gasteiger partial charge in [0.25, 0.3) is 0 Å². The second-order valence-electron chi connectivity index (χ2n) is 6.95. The number of hydrogen-bond donors (Lipinski definition) is 1. The molecule has 1 N–H and O–H groups in total. The van der Waals surface area contributed by atoms with Gasteiger partial charge in [-0.05, 0) is 37.1 Å². The molecule has 26 heavy (non-hydrogen) atoms. The Balaban J connectivity index is 1.59. The number of nitrogens with one attached hydrogen (secondary N) is 1. The number of halogens is 1. The van der Waals surface area contributed by atoms with Crippen LogP contribution in [-0.4, -0.2) is 23.3 Å². The third-order valence-electron chi connectivity index (χ3n) is 4.79. The SMILES string of the molecule is Cc1ccc(CN2CC(C(=O)NC(C)c3cccc(Br)c3)CC2=O)cc1. The van der Waals surface area contributed by atoms with Crippen LogP contribution < -0.4 is 5.32 Å². The van der Waals surface area contributed by atoms with Crippen LogP contribution in [0.5, 0.6) is 0 Å². The van der Waals surface area contributed by atoms with E-state index in [1.807, 2.05) is 62.4 Å². The fraction of sp³-hybridized carbons (Fsp3) is 0.333. The van der Waals surface area contributed by atoms with Crippen LogP contribution in [0.2, 0.25) is 0 Å². The number of aryl methyl sites for hydroxylation is 1. The molecule has 2 unspecified atom stereocenters. The summed E-state index contributed by atoms with van der Waals surface area (Å²) in [6.45, 7) is 5.03. The monoisotopic (exact) mass is 414 g/mol. The summed E-state index contributed by atoms with van der Waals surface area (Å²) in [6.07, 6.45) is 0.281. The Hall–Kier alpha value is -2.14. The Morgan fingerprint density at radius 3 is 2.69 bits per heavy atom. The highest BCUT2D eigenvalue weighted by Gasteiger charge is 2.34. The molecule has 2 aromatic carbocycles. The van der Waals surface area contributed by atoms with Crippen LogP contribution in [0.4, 0.5) is 0 Å². The van der Waals surface area contributed by atoms with Crippen molar-refractivity contribution < 1.29 is 9.59 Å². The van der Waals surface area contributed by atoms with E-state index in [-0.39, 0.29) is 30.2 Å². The molecular weight excluding hydrogens is 392 g/mol. The van der Waals surface area contributed by atoms with Crippen LogP contribution in [0.15, 0.2) is 53.0 Å². The second-order valence-corrected chi connectivity index (χ2v) is 7.86. The maximum absolute atomic E-state index is 12.6. The lowest BCUT2D eigenvalue weighted by atomic mass is 10.1. The van der Waals surface area contributed by atoms with E-state index in [1.165, 1.54) is 5.56 Å². The average Bonchev–Trinajstić information content (AvgIpc) is 2.98. The van der Waals surface area contributed by atoms with Crippen molar-refractivity contribution in [3.8, 4) is 0 Å². The van der Waals surface area contributed by atoms with Crippen molar-refractivity contribution in [2.75, 3.05) is 6.54 Å². The van der Waals surface area contributed by atoms with Crippen LogP contribution in [0, 0.1) is 12.8 Å². The van der Waals surface area contributed by atoms with Crippen molar-refractivity contribution in [3.05, 3.63) is 69.7 Å². The van der Waals surface area contributed by atoms with E-state index in [0.717, 1.165) is 15.6 Å². The number of carbonyl (C=O) groups is 2. The number of nitrogens with zero attached hydrogens (tertiary/aromatic N) is 1. The first kappa shape index (κ1) is 18.6. The molecule has 5 heteroatoms. The van der Waals surface area contributed by atoms with E-state index in [0.29, 0.717) is 13.1 Å². The second kappa shape index (κ2) is 8.04. The molecule has 1 fully saturated rings. The van der Waals surface area contributed by atoms with Gasteiger partial charge in [-0.25, -0.2) is 0 Å². The molecule has 0 bridgehead atoms. The fourth-order valence-electron chi connectivity index (χ4n) is 3.20. The minimum Gasteiger partial charge on any atom is -0.349 e. The van der Waals surface area contributed by atoms with Crippen LogP contribution in [0.25, 0.3) is 0 Å². The molecule has 0 saturated carbocycles. The van der Waals surface area contributed by atoms with Gasteiger partial charge < -0.3 is 10.2 Å². The molecule has 3 rings (SSSR count). The standard InChI is InChI=1S/C21H23BrN2O2/c1-14-6-8-16(9-7-14)12-24-13-18(11-20(24)25)21(26)23-15(2)17-4-3-5-19(22)10-17/h3-10,15,18H,11-13H2,1-2H3,(H,23,26). The Morgan fingerprint density at radius 1 is 1.27 bits per heavy atom. The van der Waals surface area contributed by atoms with Gasteiger partial charge in [0.1, 0.15) is 0 Å². The zero-order valence-electron chi connectivity index (χ0n) is 15.0. The molecule has 4 nitrogen and oxygen atoms in total. The predicted molar refractivity (Wildman–Crippen MR) is 105 cm³/mol. The molecule has 2 atom stereocenters. The summed E-state index contributed by atoms with van der Waals surface area (Å²) in [5.74, 6) is -0.305.